The Morgan fingerprint density at radius 1 is 0.537 bits per heavy atom. The molecule has 0 aromatic heterocycles. The van der Waals surface area contributed by atoms with Crippen molar-refractivity contribution in [2.45, 2.75) is 212 Å². The predicted octanol–water partition coefficient (Wildman–Crippen LogP) is 12.1. The monoisotopic (exact) mass is 765 g/mol. The fraction of sp³-hybridized carbons (Fsp3) is 0.848. The second kappa shape index (κ2) is 37.7. The molecule has 316 valence electrons. The summed E-state index contributed by atoms with van der Waals surface area (Å²) >= 11 is 0. The number of ether oxygens (including phenoxy) is 3. The molecule has 0 bridgehead atoms. The van der Waals surface area contributed by atoms with E-state index < -0.39 is 18.1 Å². The lowest BCUT2D eigenvalue weighted by Gasteiger charge is -2.31. The van der Waals surface area contributed by atoms with E-state index >= 15 is 0 Å². The first kappa shape index (κ1) is 51.8. The summed E-state index contributed by atoms with van der Waals surface area (Å²) in [4.78, 5) is 37.0. The number of carbonyl (C=O) groups excluding carboxylic acids is 2. The van der Waals surface area contributed by atoms with Crippen LogP contribution >= 0.6 is 0 Å². The van der Waals surface area contributed by atoms with Crippen LogP contribution in [0.25, 0.3) is 0 Å². The Balaban J connectivity index is 4.36. The van der Waals surface area contributed by atoms with Crippen LogP contribution in [0.2, 0.25) is 0 Å². The van der Waals surface area contributed by atoms with Crippen LogP contribution in [0, 0.1) is 0 Å². The van der Waals surface area contributed by atoms with Crippen molar-refractivity contribution in [2.75, 3.05) is 41.0 Å². The standard InChI is InChI=1S/C46H85NO7/c1-6-8-10-12-14-16-18-20-22-24-26-28-30-32-34-36-44(48)53-41-42(40-52-39-38-43(46(50)51)47(3,4)5)54-45(49)37-35-33-31-29-27-25-23-21-19-17-15-13-11-9-7-2/h20-23,42-43H,6-19,24-41H2,1-5H3/p+1/b22-20-,23-21-. The average molecular weight is 765 g/mol. The number of quaternary nitrogens is 1. The van der Waals surface area contributed by atoms with E-state index in [0.717, 1.165) is 57.8 Å². The maximum absolute atomic E-state index is 12.7. The van der Waals surface area contributed by atoms with Gasteiger partial charge in [0.2, 0.25) is 0 Å². The van der Waals surface area contributed by atoms with E-state index in [1.165, 1.54) is 109 Å². The van der Waals surface area contributed by atoms with Crippen molar-refractivity contribution < 1.29 is 38.2 Å². The number of carbonyl (C=O) groups is 3. The Labute approximate surface area is 332 Å². The first-order valence-electron chi connectivity index (χ1n) is 22.4. The molecule has 0 aromatic carbocycles. The molecule has 0 spiro atoms. The molecule has 0 saturated heterocycles. The van der Waals surface area contributed by atoms with Gasteiger partial charge in [-0.1, -0.05) is 141 Å². The highest BCUT2D eigenvalue weighted by Crippen LogP contribution is 2.14. The highest BCUT2D eigenvalue weighted by atomic mass is 16.6. The van der Waals surface area contributed by atoms with Gasteiger partial charge in [0.1, 0.15) is 6.61 Å². The lowest BCUT2D eigenvalue weighted by molar-refractivity contribution is -0.887. The van der Waals surface area contributed by atoms with Gasteiger partial charge >= 0.3 is 17.9 Å². The average Bonchev–Trinajstić information content (AvgIpc) is 3.12. The second-order valence-electron chi connectivity index (χ2n) is 16.3. The summed E-state index contributed by atoms with van der Waals surface area (Å²) in [5, 5.41) is 9.61. The molecule has 8 nitrogen and oxygen atoms in total. The molecule has 2 unspecified atom stereocenters. The van der Waals surface area contributed by atoms with Crippen molar-refractivity contribution in [3.63, 3.8) is 0 Å². The van der Waals surface area contributed by atoms with Crippen LogP contribution in [-0.4, -0.2) is 80.6 Å². The number of likely N-dealkylation sites (N-methyl/N-ethyl adjacent to an activating group) is 1. The lowest BCUT2D eigenvalue weighted by Crippen LogP contribution is -2.50. The second-order valence-corrected chi connectivity index (χ2v) is 16.3. The number of hydrogen-bond acceptors (Lipinski definition) is 6. The fourth-order valence-corrected chi connectivity index (χ4v) is 6.55. The molecule has 0 heterocycles. The van der Waals surface area contributed by atoms with Gasteiger partial charge in [-0.15, -0.1) is 0 Å². The smallest absolute Gasteiger partial charge is 0.362 e. The van der Waals surface area contributed by atoms with E-state index in [0.29, 0.717) is 19.3 Å². The minimum absolute atomic E-state index is 0.0558. The third kappa shape index (κ3) is 35.5. The number of esters is 2. The van der Waals surface area contributed by atoms with Crippen LogP contribution in [-0.2, 0) is 28.6 Å². The predicted molar refractivity (Wildman–Crippen MR) is 225 cm³/mol. The number of hydrogen-bond donors (Lipinski definition) is 1. The van der Waals surface area contributed by atoms with Gasteiger partial charge < -0.3 is 23.8 Å². The molecule has 1 N–H and O–H groups in total. The number of rotatable bonds is 40. The maximum Gasteiger partial charge on any atom is 0.362 e. The Morgan fingerprint density at radius 2 is 0.926 bits per heavy atom. The van der Waals surface area contributed by atoms with E-state index in [1.54, 1.807) is 0 Å². The molecular formula is C46H86NO7+. The summed E-state index contributed by atoms with van der Waals surface area (Å²) in [6.07, 6.45) is 40.7. The first-order chi connectivity index (χ1) is 26.1. The van der Waals surface area contributed by atoms with Crippen molar-refractivity contribution in [2.24, 2.45) is 0 Å². The molecule has 0 aliphatic heterocycles. The lowest BCUT2D eigenvalue weighted by atomic mass is 10.1. The van der Waals surface area contributed by atoms with E-state index in [1.807, 2.05) is 21.1 Å². The van der Waals surface area contributed by atoms with Gasteiger partial charge in [0, 0.05) is 19.3 Å². The Bertz CT molecular complexity index is 942. The topological polar surface area (TPSA) is 99.1 Å². The third-order valence-electron chi connectivity index (χ3n) is 10.1. The zero-order valence-electron chi connectivity index (χ0n) is 35.9. The summed E-state index contributed by atoms with van der Waals surface area (Å²) in [6, 6.07) is -0.615. The highest BCUT2D eigenvalue weighted by molar-refractivity contribution is 5.72. The first-order valence-corrected chi connectivity index (χ1v) is 22.4. The van der Waals surface area contributed by atoms with Crippen LogP contribution in [0.5, 0.6) is 0 Å². The molecule has 0 aromatic rings. The molecule has 0 rings (SSSR count). The summed E-state index contributed by atoms with van der Waals surface area (Å²) in [5.74, 6) is -1.48. The van der Waals surface area contributed by atoms with Crippen molar-refractivity contribution in [3.05, 3.63) is 24.3 Å². The molecule has 0 aliphatic rings. The Hall–Kier alpha value is -2.19. The molecule has 8 heteroatoms. The van der Waals surface area contributed by atoms with Crippen molar-refractivity contribution in [3.8, 4) is 0 Å². The number of nitrogens with zero attached hydrogens (tertiary/aromatic N) is 1. The number of aliphatic carboxylic acids is 1. The Morgan fingerprint density at radius 3 is 1.33 bits per heavy atom. The molecule has 0 fully saturated rings. The van der Waals surface area contributed by atoms with Gasteiger partial charge in [0.25, 0.3) is 0 Å². The SMILES string of the molecule is CCCCCCCC/C=C\CCCCCCCC(=O)OCC(COCCC(C(=O)O)[N+](C)(C)C)OC(=O)CCCCCCC/C=C\CCCCCCCC. The van der Waals surface area contributed by atoms with Crippen LogP contribution in [0.15, 0.2) is 24.3 Å². The molecule has 2 atom stereocenters. The third-order valence-corrected chi connectivity index (χ3v) is 10.1. The van der Waals surface area contributed by atoms with Gasteiger partial charge in [-0.3, -0.25) is 9.59 Å². The van der Waals surface area contributed by atoms with E-state index in [4.69, 9.17) is 14.2 Å². The van der Waals surface area contributed by atoms with Gasteiger partial charge in [-0.05, 0) is 64.2 Å². The summed E-state index contributed by atoms with van der Waals surface area (Å²) in [6.45, 7) is 4.72. The highest BCUT2D eigenvalue weighted by Gasteiger charge is 2.31. The van der Waals surface area contributed by atoms with Crippen LogP contribution in [0.3, 0.4) is 0 Å². The number of carboxylic acid groups (broad SMARTS) is 1. The molecule has 0 radical (unpaired) electrons. The van der Waals surface area contributed by atoms with E-state index in [9.17, 15) is 19.5 Å². The molecular weight excluding hydrogens is 679 g/mol. The number of carboxylic acids is 1. The zero-order chi connectivity index (χ0) is 40.0. The summed E-state index contributed by atoms with van der Waals surface area (Å²) < 4.78 is 17.3. The zero-order valence-corrected chi connectivity index (χ0v) is 35.9. The minimum Gasteiger partial charge on any atom is -0.477 e. The summed E-state index contributed by atoms with van der Waals surface area (Å²) in [5.41, 5.74) is 0. The molecule has 0 saturated carbocycles. The van der Waals surface area contributed by atoms with Crippen molar-refractivity contribution in [1.29, 1.82) is 0 Å². The van der Waals surface area contributed by atoms with Gasteiger partial charge in [0.15, 0.2) is 12.1 Å². The van der Waals surface area contributed by atoms with Gasteiger partial charge in [-0.25, -0.2) is 4.79 Å². The minimum atomic E-state index is -0.876. The fourth-order valence-electron chi connectivity index (χ4n) is 6.55. The van der Waals surface area contributed by atoms with Gasteiger partial charge in [0.05, 0.1) is 34.4 Å². The normalized spacial score (nSPS) is 13.1. The number of allylic oxidation sites excluding steroid dienone is 4. The Kier molecular flexibility index (Phi) is 36.2. The quantitative estimate of drug-likeness (QED) is 0.0287. The van der Waals surface area contributed by atoms with Crippen LogP contribution in [0.1, 0.15) is 200 Å². The number of unbranched alkanes of at least 4 members (excludes halogenated alkanes) is 22. The molecule has 0 amide bonds. The van der Waals surface area contributed by atoms with Crippen LogP contribution in [0.4, 0.5) is 0 Å². The summed E-state index contributed by atoms with van der Waals surface area (Å²) in [7, 11) is 5.52. The van der Waals surface area contributed by atoms with Crippen molar-refractivity contribution in [1.82, 2.24) is 0 Å². The molecule has 0 aliphatic carbocycles. The van der Waals surface area contributed by atoms with E-state index in [-0.39, 0.29) is 36.2 Å². The van der Waals surface area contributed by atoms with E-state index in [2.05, 4.69) is 38.2 Å². The van der Waals surface area contributed by atoms with Gasteiger partial charge in [-0.2, -0.15) is 0 Å². The van der Waals surface area contributed by atoms with Crippen LogP contribution < -0.4 is 0 Å². The largest absolute Gasteiger partial charge is 0.477 e. The molecule has 54 heavy (non-hydrogen) atoms. The maximum atomic E-state index is 12.7. The van der Waals surface area contributed by atoms with Crippen molar-refractivity contribution >= 4 is 17.9 Å².